The molecule has 0 aliphatic carbocycles. The Labute approximate surface area is 155 Å². The quantitative estimate of drug-likeness (QED) is 0.909. The molecule has 0 radical (unpaired) electrons. The van der Waals surface area contributed by atoms with Gasteiger partial charge < -0.3 is 10.2 Å². The lowest BCUT2D eigenvalue weighted by Crippen LogP contribution is -2.43. The van der Waals surface area contributed by atoms with E-state index in [2.05, 4.69) is 29.5 Å². The first-order valence-corrected chi connectivity index (χ1v) is 8.62. The summed E-state index contributed by atoms with van der Waals surface area (Å²) in [6.07, 6.45) is 2.04. The summed E-state index contributed by atoms with van der Waals surface area (Å²) in [4.78, 5) is 14.7. The predicted molar refractivity (Wildman–Crippen MR) is 102 cm³/mol. The van der Waals surface area contributed by atoms with E-state index in [1.807, 2.05) is 41.8 Å². The summed E-state index contributed by atoms with van der Waals surface area (Å²) in [5.41, 5.74) is 4.02. The summed E-state index contributed by atoms with van der Waals surface area (Å²) in [5, 5.41) is 7.85. The van der Waals surface area contributed by atoms with Crippen LogP contribution in [-0.4, -0.2) is 46.8 Å². The highest BCUT2D eigenvalue weighted by Gasteiger charge is 2.22. The Bertz CT molecular complexity index is 722. The van der Waals surface area contributed by atoms with Crippen molar-refractivity contribution in [3.8, 4) is 0 Å². The predicted octanol–water partition coefficient (Wildman–Crippen LogP) is 2.79. The lowest BCUT2D eigenvalue weighted by Gasteiger charge is -2.31. The van der Waals surface area contributed by atoms with Gasteiger partial charge in [-0.25, -0.2) is 0 Å². The molecule has 1 aliphatic heterocycles. The molecule has 0 atom stereocenters. The van der Waals surface area contributed by atoms with E-state index in [1.54, 1.807) is 0 Å². The number of hydrogen-bond acceptors (Lipinski definition) is 3. The van der Waals surface area contributed by atoms with Gasteiger partial charge in [0, 0.05) is 24.3 Å². The fraction of sp³-hybridized carbons (Fsp3) is 0.474. The van der Waals surface area contributed by atoms with Gasteiger partial charge in [-0.05, 0) is 63.5 Å². The van der Waals surface area contributed by atoms with E-state index in [1.165, 1.54) is 0 Å². The van der Waals surface area contributed by atoms with Crippen molar-refractivity contribution in [2.24, 2.45) is 0 Å². The third kappa shape index (κ3) is 4.61. The van der Waals surface area contributed by atoms with Gasteiger partial charge in [0.05, 0.1) is 12.2 Å². The number of nitrogens with one attached hydrogen (secondary N) is 1. The Balaban J connectivity index is 0.00000225. The molecule has 3 rings (SSSR count). The normalized spacial score (nSPS) is 14.8. The maximum absolute atomic E-state index is 12.8. The Morgan fingerprint density at radius 1 is 1.28 bits per heavy atom. The van der Waals surface area contributed by atoms with Crippen molar-refractivity contribution in [2.75, 3.05) is 20.1 Å². The maximum Gasteiger partial charge on any atom is 0.253 e. The monoisotopic (exact) mass is 362 g/mol. The van der Waals surface area contributed by atoms with Crippen molar-refractivity contribution in [3.63, 3.8) is 0 Å². The van der Waals surface area contributed by atoms with E-state index < -0.39 is 0 Å². The number of aryl methyl sites for hydroxylation is 2. The Kier molecular flexibility index (Phi) is 6.62. The summed E-state index contributed by atoms with van der Waals surface area (Å²) in [5.74, 6) is 0.108. The number of carbonyl (C=O) groups excluding carboxylic acids is 1. The van der Waals surface area contributed by atoms with Crippen molar-refractivity contribution < 1.29 is 4.79 Å². The summed E-state index contributed by atoms with van der Waals surface area (Å²) < 4.78 is 1.98. The summed E-state index contributed by atoms with van der Waals surface area (Å²) in [6, 6.07) is 10.3. The van der Waals surface area contributed by atoms with Crippen LogP contribution in [0.4, 0.5) is 0 Å². The van der Waals surface area contributed by atoms with Gasteiger partial charge in [0.15, 0.2) is 0 Å². The second-order valence-corrected chi connectivity index (χ2v) is 6.68. The molecule has 1 aromatic carbocycles. The van der Waals surface area contributed by atoms with Crippen LogP contribution in [-0.2, 0) is 6.54 Å². The molecule has 6 heteroatoms. The SMILES string of the molecule is Cc1cc(C)n(Cc2cccc(C(=O)N(C)C3CCNCC3)c2)n1.Cl. The van der Waals surface area contributed by atoms with Crippen LogP contribution in [0.1, 0.15) is 40.2 Å². The van der Waals surface area contributed by atoms with Crippen LogP contribution in [0, 0.1) is 13.8 Å². The summed E-state index contributed by atoms with van der Waals surface area (Å²) in [6.45, 7) is 6.72. The highest BCUT2D eigenvalue weighted by atomic mass is 35.5. The molecule has 1 amide bonds. The molecule has 1 aliphatic rings. The number of halogens is 1. The minimum absolute atomic E-state index is 0. The maximum atomic E-state index is 12.8. The Morgan fingerprint density at radius 3 is 2.64 bits per heavy atom. The number of aromatic nitrogens is 2. The van der Waals surface area contributed by atoms with E-state index >= 15 is 0 Å². The number of nitrogens with zero attached hydrogens (tertiary/aromatic N) is 3. The van der Waals surface area contributed by atoms with Crippen LogP contribution in [0.5, 0.6) is 0 Å². The third-order valence-electron chi connectivity index (χ3n) is 4.79. The lowest BCUT2D eigenvalue weighted by molar-refractivity contribution is 0.0703. The average molecular weight is 363 g/mol. The van der Waals surface area contributed by atoms with E-state index in [4.69, 9.17) is 0 Å². The smallest absolute Gasteiger partial charge is 0.253 e. The topological polar surface area (TPSA) is 50.2 Å². The van der Waals surface area contributed by atoms with Crippen molar-refractivity contribution >= 4 is 18.3 Å². The molecule has 136 valence electrons. The van der Waals surface area contributed by atoms with Crippen molar-refractivity contribution in [2.45, 2.75) is 39.3 Å². The standard InChI is InChI=1S/C19H26N4O.ClH/c1-14-11-15(2)23(21-14)13-16-5-4-6-17(12-16)19(24)22(3)18-7-9-20-10-8-18;/h4-6,11-12,18,20H,7-10,13H2,1-3H3;1H. The molecule has 1 saturated heterocycles. The van der Waals surface area contributed by atoms with E-state index in [9.17, 15) is 4.79 Å². The van der Waals surface area contributed by atoms with Crippen LogP contribution in [0.15, 0.2) is 30.3 Å². The second-order valence-electron chi connectivity index (χ2n) is 6.68. The van der Waals surface area contributed by atoms with Crippen molar-refractivity contribution in [3.05, 3.63) is 52.8 Å². The van der Waals surface area contributed by atoms with Crippen LogP contribution in [0.3, 0.4) is 0 Å². The molecule has 0 spiro atoms. The molecular weight excluding hydrogens is 336 g/mol. The average Bonchev–Trinajstić information content (AvgIpc) is 2.92. The number of piperidine rings is 1. The Morgan fingerprint density at radius 2 is 2.00 bits per heavy atom. The molecule has 2 aromatic rings. The number of hydrogen-bond donors (Lipinski definition) is 1. The Hall–Kier alpha value is -1.85. The molecular formula is C19H27ClN4O. The summed E-state index contributed by atoms with van der Waals surface area (Å²) >= 11 is 0. The van der Waals surface area contributed by atoms with Gasteiger partial charge in [-0.15, -0.1) is 12.4 Å². The van der Waals surface area contributed by atoms with E-state index in [0.717, 1.165) is 48.4 Å². The minimum atomic E-state index is 0. The third-order valence-corrected chi connectivity index (χ3v) is 4.79. The number of benzene rings is 1. The second kappa shape index (κ2) is 8.50. The molecule has 1 aromatic heterocycles. The van der Waals surface area contributed by atoms with Crippen LogP contribution >= 0.6 is 12.4 Å². The number of amides is 1. The molecule has 0 saturated carbocycles. The van der Waals surface area contributed by atoms with Crippen LogP contribution in [0.25, 0.3) is 0 Å². The van der Waals surface area contributed by atoms with Gasteiger partial charge in [-0.1, -0.05) is 12.1 Å². The van der Waals surface area contributed by atoms with Gasteiger partial charge in [0.1, 0.15) is 0 Å². The van der Waals surface area contributed by atoms with Gasteiger partial charge >= 0.3 is 0 Å². The molecule has 0 unspecified atom stereocenters. The molecule has 0 bridgehead atoms. The molecule has 25 heavy (non-hydrogen) atoms. The summed E-state index contributed by atoms with van der Waals surface area (Å²) in [7, 11) is 1.92. The van der Waals surface area contributed by atoms with Crippen molar-refractivity contribution in [1.29, 1.82) is 0 Å². The lowest BCUT2D eigenvalue weighted by atomic mass is 10.0. The zero-order valence-electron chi connectivity index (χ0n) is 15.2. The zero-order valence-corrected chi connectivity index (χ0v) is 16.0. The van der Waals surface area contributed by atoms with Crippen LogP contribution < -0.4 is 5.32 Å². The molecule has 1 N–H and O–H groups in total. The zero-order chi connectivity index (χ0) is 17.1. The first kappa shape index (κ1) is 19.5. The minimum Gasteiger partial charge on any atom is -0.339 e. The van der Waals surface area contributed by atoms with Crippen LogP contribution in [0.2, 0.25) is 0 Å². The fourth-order valence-corrected chi connectivity index (χ4v) is 3.37. The van der Waals surface area contributed by atoms with E-state index in [-0.39, 0.29) is 18.3 Å². The number of carbonyl (C=O) groups is 1. The fourth-order valence-electron chi connectivity index (χ4n) is 3.37. The molecule has 2 heterocycles. The van der Waals surface area contributed by atoms with Crippen molar-refractivity contribution in [1.82, 2.24) is 20.0 Å². The largest absolute Gasteiger partial charge is 0.339 e. The van der Waals surface area contributed by atoms with E-state index in [0.29, 0.717) is 12.6 Å². The van der Waals surface area contributed by atoms with Gasteiger partial charge in [-0.3, -0.25) is 9.48 Å². The van der Waals surface area contributed by atoms with Gasteiger partial charge in [-0.2, -0.15) is 5.10 Å². The first-order chi connectivity index (χ1) is 11.5. The molecule has 5 nitrogen and oxygen atoms in total. The highest BCUT2D eigenvalue weighted by molar-refractivity contribution is 5.94. The first-order valence-electron chi connectivity index (χ1n) is 8.62. The highest BCUT2D eigenvalue weighted by Crippen LogP contribution is 2.16. The van der Waals surface area contributed by atoms with Gasteiger partial charge in [0.2, 0.25) is 0 Å². The van der Waals surface area contributed by atoms with Gasteiger partial charge in [0.25, 0.3) is 5.91 Å². The number of rotatable bonds is 4. The molecule has 1 fully saturated rings.